The fourth-order valence-electron chi connectivity index (χ4n) is 4.64. The fourth-order valence-corrected chi connectivity index (χ4v) is 9.31. The molecule has 2 N–H and O–H groups in total. The van der Waals surface area contributed by atoms with Gasteiger partial charge in [-0.1, -0.05) is 119 Å². The van der Waals surface area contributed by atoms with E-state index >= 15 is 0 Å². The molecule has 0 amide bonds. The van der Waals surface area contributed by atoms with E-state index in [9.17, 15) is 10.2 Å². The van der Waals surface area contributed by atoms with Gasteiger partial charge in [-0.3, -0.25) is 0 Å². The highest BCUT2D eigenvalue weighted by Crippen LogP contribution is 2.37. The zero-order valence-electron chi connectivity index (χ0n) is 20.7. The molecule has 3 aromatic rings. The molecule has 0 unspecified atom stereocenters. The Kier molecular flexibility index (Phi) is 9.22. The maximum absolute atomic E-state index is 10.6. The van der Waals surface area contributed by atoms with Crippen molar-refractivity contribution in [2.75, 3.05) is 13.2 Å². The first kappa shape index (κ1) is 26.3. The highest BCUT2D eigenvalue weighted by Gasteiger charge is 2.50. The number of ether oxygens (including phenoxy) is 1. The fraction of sp³-hybridized carbons (Fsp3) is 0.379. The van der Waals surface area contributed by atoms with E-state index in [2.05, 4.69) is 69.3 Å². The van der Waals surface area contributed by atoms with Gasteiger partial charge in [0, 0.05) is 12.5 Å². The monoisotopic (exact) mass is 478 g/mol. The van der Waals surface area contributed by atoms with Crippen LogP contribution in [-0.4, -0.2) is 44.0 Å². The zero-order valence-corrected chi connectivity index (χ0v) is 21.7. The van der Waals surface area contributed by atoms with Crippen molar-refractivity contribution in [1.82, 2.24) is 0 Å². The van der Waals surface area contributed by atoms with Crippen LogP contribution in [0.5, 0.6) is 0 Å². The second-order valence-corrected chi connectivity index (χ2v) is 14.3. The lowest BCUT2D eigenvalue weighted by molar-refractivity contribution is -0.0957. The molecule has 3 atom stereocenters. The Morgan fingerprint density at radius 3 is 1.71 bits per heavy atom. The van der Waals surface area contributed by atoms with E-state index in [1.54, 1.807) is 0 Å². The summed E-state index contributed by atoms with van der Waals surface area (Å²) in [5.74, 6) is -0.132. The number of hydrogen-bond acceptors (Lipinski definition) is 4. The maximum Gasteiger partial charge on any atom is 0.261 e. The predicted octanol–water partition coefficient (Wildman–Crippen LogP) is 4.14. The van der Waals surface area contributed by atoms with Crippen LogP contribution in [0.25, 0.3) is 0 Å². The molecule has 3 aromatic carbocycles. The van der Waals surface area contributed by atoms with E-state index < -0.39 is 20.5 Å². The van der Waals surface area contributed by atoms with Gasteiger partial charge in [0.2, 0.25) is 0 Å². The van der Waals surface area contributed by atoms with Crippen LogP contribution in [0, 0.1) is 5.92 Å². The van der Waals surface area contributed by atoms with Crippen molar-refractivity contribution < 1.29 is 19.4 Å². The molecule has 0 saturated carbocycles. The molecule has 4 nitrogen and oxygen atoms in total. The van der Waals surface area contributed by atoms with Crippen molar-refractivity contribution in [1.29, 1.82) is 0 Å². The van der Waals surface area contributed by atoms with Gasteiger partial charge >= 0.3 is 0 Å². The number of rotatable bonds is 11. The van der Waals surface area contributed by atoms with E-state index in [-0.39, 0.29) is 17.6 Å². The van der Waals surface area contributed by atoms with Crippen LogP contribution in [-0.2, 0) is 15.8 Å². The Bertz CT molecular complexity index is 934. The SMILES string of the molecule is C[C@H](CO[Si](c1ccccc1)(c1ccccc1)C(C)(C)C)[C@@H](OCc1ccccc1)[C@@H](O)CO. The van der Waals surface area contributed by atoms with E-state index in [1.165, 1.54) is 10.4 Å². The van der Waals surface area contributed by atoms with Gasteiger partial charge in [-0.05, 0) is 21.0 Å². The lowest BCUT2D eigenvalue weighted by atomic mass is 10.0. The molecular weight excluding hydrogens is 440 g/mol. The van der Waals surface area contributed by atoms with Gasteiger partial charge in [-0.15, -0.1) is 0 Å². The number of aliphatic hydroxyl groups excluding tert-OH is 2. The number of benzene rings is 3. The maximum atomic E-state index is 10.6. The lowest BCUT2D eigenvalue weighted by Crippen LogP contribution is -2.67. The molecule has 3 rings (SSSR count). The van der Waals surface area contributed by atoms with Gasteiger partial charge in [0.25, 0.3) is 8.32 Å². The van der Waals surface area contributed by atoms with Crippen molar-refractivity contribution in [3.8, 4) is 0 Å². The quantitative estimate of drug-likeness (QED) is 0.407. The average Bonchev–Trinajstić information content (AvgIpc) is 2.85. The zero-order chi connectivity index (χ0) is 24.6. The Labute approximate surface area is 205 Å². The molecule has 5 heteroatoms. The number of aliphatic hydroxyl groups is 2. The summed E-state index contributed by atoms with van der Waals surface area (Å²) in [4.78, 5) is 0. The van der Waals surface area contributed by atoms with Gasteiger partial charge in [0.05, 0.1) is 19.3 Å². The lowest BCUT2D eigenvalue weighted by Gasteiger charge is -2.44. The molecule has 0 aromatic heterocycles. The first-order valence-electron chi connectivity index (χ1n) is 12.0. The van der Waals surface area contributed by atoms with Crippen molar-refractivity contribution in [3.05, 3.63) is 96.6 Å². The summed E-state index contributed by atoms with van der Waals surface area (Å²) in [7, 11) is -2.69. The minimum Gasteiger partial charge on any atom is -0.407 e. The van der Waals surface area contributed by atoms with Crippen LogP contribution in [0.2, 0.25) is 5.04 Å². The Morgan fingerprint density at radius 2 is 1.26 bits per heavy atom. The first-order valence-corrected chi connectivity index (χ1v) is 13.9. The summed E-state index contributed by atoms with van der Waals surface area (Å²) in [6, 6.07) is 30.9. The summed E-state index contributed by atoms with van der Waals surface area (Å²) in [6.45, 7) is 9.17. The van der Waals surface area contributed by atoms with E-state index in [0.717, 1.165) is 5.56 Å². The standard InChI is InChI=1S/C29H38O4Si/c1-23(28(27(31)20-30)32-22-24-14-8-5-9-15-24)21-33-34(29(2,3)4,25-16-10-6-11-17-25)26-18-12-7-13-19-26/h5-19,23,27-28,30-31H,20-22H2,1-4H3/t23-,27+,28-/m1/s1. The highest BCUT2D eigenvalue weighted by atomic mass is 28.4. The molecule has 0 radical (unpaired) electrons. The molecule has 34 heavy (non-hydrogen) atoms. The van der Waals surface area contributed by atoms with Crippen molar-refractivity contribution in [3.63, 3.8) is 0 Å². The first-order chi connectivity index (χ1) is 16.3. The van der Waals surface area contributed by atoms with Crippen LogP contribution < -0.4 is 10.4 Å². The highest BCUT2D eigenvalue weighted by molar-refractivity contribution is 6.99. The van der Waals surface area contributed by atoms with Gasteiger partial charge in [-0.2, -0.15) is 0 Å². The molecule has 0 aliphatic rings. The second-order valence-electron chi connectivity index (χ2n) is 9.96. The minimum absolute atomic E-state index is 0.132. The van der Waals surface area contributed by atoms with Crippen molar-refractivity contribution in [2.24, 2.45) is 5.92 Å². The Morgan fingerprint density at radius 1 is 0.794 bits per heavy atom. The van der Waals surface area contributed by atoms with Gasteiger partial charge in [0.1, 0.15) is 6.10 Å². The minimum atomic E-state index is -2.69. The summed E-state index contributed by atoms with van der Waals surface area (Å²) in [5.41, 5.74) is 1.03. The molecule has 0 spiro atoms. The second kappa shape index (κ2) is 11.9. The van der Waals surface area contributed by atoms with Crippen LogP contribution >= 0.6 is 0 Å². The predicted molar refractivity (Wildman–Crippen MR) is 141 cm³/mol. The molecular formula is C29H38O4Si. The third-order valence-corrected chi connectivity index (χ3v) is 11.4. The van der Waals surface area contributed by atoms with Crippen LogP contribution in [0.15, 0.2) is 91.0 Å². The summed E-state index contributed by atoms with van der Waals surface area (Å²) in [6.07, 6.45) is -1.54. The van der Waals surface area contributed by atoms with Crippen LogP contribution in [0.4, 0.5) is 0 Å². The average molecular weight is 479 g/mol. The molecule has 0 bridgehead atoms. The Hall–Kier alpha value is -2.28. The normalized spacial score (nSPS) is 15.0. The van der Waals surface area contributed by atoms with E-state index in [4.69, 9.17) is 9.16 Å². The summed E-state index contributed by atoms with van der Waals surface area (Å²) >= 11 is 0. The summed E-state index contributed by atoms with van der Waals surface area (Å²) in [5, 5.41) is 22.6. The van der Waals surface area contributed by atoms with Crippen LogP contribution in [0.3, 0.4) is 0 Å². The van der Waals surface area contributed by atoms with Crippen molar-refractivity contribution >= 4 is 18.7 Å². The molecule has 0 saturated heterocycles. The van der Waals surface area contributed by atoms with Crippen molar-refractivity contribution in [2.45, 2.75) is 51.5 Å². The van der Waals surface area contributed by atoms with Crippen LogP contribution in [0.1, 0.15) is 33.3 Å². The molecule has 182 valence electrons. The summed E-state index contributed by atoms with van der Waals surface area (Å²) < 4.78 is 13.2. The van der Waals surface area contributed by atoms with Gasteiger partial charge in [0.15, 0.2) is 0 Å². The molecule has 0 fully saturated rings. The topological polar surface area (TPSA) is 58.9 Å². The number of hydrogen-bond donors (Lipinski definition) is 2. The van der Waals surface area contributed by atoms with Gasteiger partial charge < -0.3 is 19.4 Å². The molecule has 0 heterocycles. The largest absolute Gasteiger partial charge is 0.407 e. The van der Waals surface area contributed by atoms with E-state index in [1.807, 2.05) is 49.4 Å². The molecule has 0 aliphatic heterocycles. The van der Waals surface area contributed by atoms with Gasteiger partial charge in [-0.25, -0.2) is 0 Å². The Balaban J connectivity index is 1.89. The van der Waals surface area contributed by atoms with E-state index in [0.29, 0.717) is 13.2 Å². The smallest absolute Gasteiger partial charge is 0.261 e. The third-order valence-electron chi connectivity index (χ3n) is 6.39. The third kappa shape index (κ3) is 6.04. The molecule has 0 aliphatic carbocycles.